The first-order chi connectivity index (χ1) is 8.88. The molecule has 0 aliphatic heterocycles. The number of pyridine rings is 1. The fourth-order valence-corrected chi connectivity index (χ4v) is 2.80. The molecule has 0 aliphatic carbocycles. The van der Waals surface area contributed by atoms with Crippen molar-refractivity contribution in [1.29, 1.82) is 5.26 Å². The minimum atomic E-state index is 0.611. The van der Waals surface area contributed by atoms with E-state index in [4.69, 9.17) is 0 Å². The molecule has 0 aliphatic rings. The van der Waals surface area contributed by atoms with E-state index in [0.29, 0.717) is 5.56 Å². The molecule has 2 heterocycles. The normalized spacial score (nSPS) is 10.2. The molecule has 0 bridgehead atoms. The van der Waals surface area contributed by atoms with E-state index in [1.54, 1.807) is 17.5 Å². The van der Waals surface area contributed by atoms with Gasteiger partial charge in [-0.3, -0.25) is 4.98 Å². The summed E-state index contributed by atoms with van der Waals surface area (Å²) in [6.45, 7) is 0. The van der Waals surface area contributed by atoms with E-state index in [1.165, 1.54) is 0 Å². The quantitative estimate of drug-likeness (QED) is 0.751. The van der Waals surface area contributed by atoms with Gasteiger partial charge in [0.05, 0.1) is 4.70 Å². The number of rotatable bonds is 2. The smallest absolute Gasteiger partial charge is 0.114 e. The van der Waals surface area contributed by atoms with Crippen LogP contribution in [-0.2, 0) is 0 Å². The molecule has 0 saturated heterocycles. The molecular weight excluding hydrogens is 242 g/mol. The lowest BCUT2D eigenvalue weighted by molar-refractivity contribution is 1.41. The number of anilines is 2. The van der Waals surface area contributed by atoms with E-state index < -0.39 is 0 Å². The van der Waals surface area contributed by atoms with Crippen LogP contribution in [0.3, 0.4) is 0 Å². The lowest BCUT2D eigenvalue weighted by Gasteiger charge is -2.02. The Bertz CT molecular complexity index is 726. The van der Waals surface area contributed by atoms with Crippen LogP contribution in [-0.4, -0.2) is 4.98 Å². The lowest BCUT2D eigenvalue weighted by atomic mass is 10.2. The van der Waals surface area contributed by atoms with Crippen molar-refractivity contribution in [2.75, 3.05) is 5.32 Å². The third-order valence-electron chi connectivity index (χ3n) is 2.59. The zero-order chi connectivity index (χ0) is 12.4. The number of fused-ring (bicyclic) bond motifs is 1. The van der Waals surface area contributed by atoms with Gasteiger partial charge in [0.1, 0.15) is 22.2 Å². The Hall–Kier alpha value is -2.38. The van der Waals surface area contributed by atoms with Gasteiger partial charge in [0.2, 0.25) is 0 Å². The summed E-state index contributed by atoms with van der Waals surface area (Å²) in [5.41, 5.74) is 2.35. The van der Waals surface area contributed by atoms with Crippen LogP contribution >= 0.6 is 11.3 Å². The summed E-state index contributed by atoms with van der Waals surface area (Å²) in [5, 5.41) is 13.4. The van der Waals surface area contributed by atoms with E-state index >= 15 is 0 Å². The average molecular weight is 251 g/mol. The van der Waals surface area contributed by atoms with Gasteiger partial charge in [-0.1, -0.05) is 18.2 Å². The Morgan fingerprint density at radius 3 is 2.72 bits per heavy atom. The number of hydrogen-bond acceptors (Lipinski definition) is 4. The zero-order valence-electron chi connectivity index (χ0n) is 9.42. The number of nitrogens with zero attached hydrogens (tertiary/aromatic N) is 2. The maximum absolute atomic E-state index is 9.26. The van der Waals surface area contributed by atoms with Gasteiger partial charge < -0.3 is 5.32 Å². The van der Waals surface area contributed by atoms with E-state index in [0.717, 1.165) is 20.9 Å². The average Bonchev–Trinajstić information content (AvgIpc) is 2.77. The topological polar surface area (TPSA) is 48.7 Å². The third-order valence-corrected chi connectivity index (χ3v) is 3.65. The molecule has 86 valence electrons. The highest BCUT2D eigenvalue weighted by atomic mass is 32.1. The SMILES string of the molecule is N#Cc1c(Nc2ccccc2)sc2cccnc12. The first kappa shape index (κ1) is 10.8. The van der Waals surface area contributed by atoms with Crippen LogP contribution in [0.25, 0.3) is 10.2 Å². The van der Waals surface area contributed by atoms with Crippen molar-refractivity contribution in [3.8, 4) is 6.07 Å². The molecule has 0 unspecified atom stereocenters. The van der Waals surface area contributed by atoms with Crippen molar-refractivity contribution >= 4 is 32.2 Å². The van der Waals surface area contributed by atoms with Crippen molar-refractivity contribution in [3.05, 3.63) is 54.2 Å². The monoisotopic (exact) mass is 251 g/mol. The molecule has 2 aromatic heterocycles. The largest absolute Gasteiger partial charge is 0.346 e. The second-order valence-electron chi connectivity index (χ2n) is 3.76. The summed E-state index contributed by atoms with van der Waals surface area (Å²) >= 11 is 1.55. The summed E-state index contributed by atoms with van der Waals surface area (Å²) in [7, 11) is 0. The van der Waals surface area contributed by atoms with Crippen LogP contribution < -0.4 is 5.32 Å². The molecule has 0 radical (unpaired) electrons. The maximum atomic E-state index is 9.26. The number of para-hydroxylation sites is 1. The molecule has 0 spiro atoms. The molecule has 0 amide bonds. The molecule has 0 atom stereocenters. The Morgan fingerprint density at radius 1 is 1.11 bits per heavy atom. The van der Waals surface area contributed by atoms with E-state index in [1.807, 2.05) is 42.5 Å². The predicted octanol–water partition coefficient (Wildman–Crippen LogP) is 3.91. The third kappa shape index (κ3) is 1.81. The Balaban J connectivity index is 2.10. The summed E-state index contributed by atoms with van der Waals surface area (Å²) in [5.74, 6) is 0. The van der Waals surface area contributed by atoms with Crippen LogP contribution in [0.4, 0.5) is 10.7 Å². The first-order valence-corrected chi connectivity index (χ1v) is 6.30. The van der Waals surface area contributed by atoms with Crippen LogP contribution in [0.15, 0.2) is 48.7 Å². The van der Waals surface area contributed by atoms with Gasteiger partial charge >= 0.3 is 0 Å². The summed E-state index contributed by atoms with van der Waals surface area (Å²) in [6, 6.07) is 15.9. The van der Waals surface area contributed by atoms with E-state index in [-0.39, 0.29) is 0 Å². The highest BCUT2D eigenvalue weighted by Gasteiger charge is 2.12. The number of nitrogens with one attached hydrogen (secondary N) is 1. The van der Waals surface area contributed by atoms with Crippen molar-refractivity contribution in [2.24, 2.45) is 0 Å². The zero-order valence-corrected chi connectivity index (χ0v) is 10.2. The van der Waals surface area contributed by atoms with Crippen molar-refractivity contribution in [3.63, 3.8) is 0 Å². The lowest BCUT2D eigenvalue weighted by Crippen LogP contribution is -1.89. The molecule has 3 rings (SSSR count). The molecule has 3 aromatic rings. The van der Waals surface area contributed by atoms with Gasteiger partial charge in [-0.2, -0.15) is 5.26 Å². The predicted molar refractivity (Wildman–Crippen MR) is 74.1 cm³/mol. The van der Waals surface area contributed by atoms with Crippen LogP contribution in [0.5, 0.6) is 0 Å². The first-order valence-electron chi connectivity index (χ1n) is 5.48. The standard InChI is InChI=1S/C14H9N3S/c15-9-11-13-12(7-4-8-16-13)18-14(11)17-10-5-2-1-3-6-10/h1-8,17H. The number of thiophene rings is 1. The van der Waals surface area contributed by atoms with Crippen molar-refractivity contribution in [1.82, 2.24) is 4.98 Å². The molecule has 4 heteroatoms. The molecular formula is C14H9N3S. The molecule has 0 fully saturated rings. The summed E-state index contributed by atoms with van der Waals surface area (Å²) in [6.07, 6.45) is 1.71. The molecule has 18 heavy (non-hydrogen) atoms. The minimum Gasteiger partial charge on any atom is -0.346 e. The van der Waals surface area contributed by atoms with Gasteiger partial charge in [0, 0.05) is 11.9 Å². The number of benzene rings is 1. The highest BCUT2D eigenvalue weighted by Crippen LogP contribution is 2.35. The minimum absolute atomic E-state index is 0.611. The Morgan fingerprint density at radius 2 is 1.94 bits per heavy atom. The van der Waals surface area contributed by atoms with Crippen LogP contribution in [0, 0.1) is 11.3 Å². The molecule has 0 saturated carbocycles. The van der Waals surface area contributed by atoms with Gasteiger partial charge in [0.25, 0.3) is 0 Å². The van der Waals surface area contributed by atoms with E-state index in [2.05, 4.69) is 16.4 Å². The molecule has 1 N–H and O–H groups in total. The van der Waals surface area contributed by atoms with E-state index in [9.17, 15) is 5.26 Å². The van der Waals surface area contributed by atoms with Crippen molar-refractivity contribution < 1.29 is 0 Å². The fourth-order valence-electron chi connectivity index (χ4n) is 1.77. The summed E-state index contributed by atoms with van der Waals surface area (Å²) in [4.78, 5) is 4.26. The molecule has 3 nitrogen and oxygen atoms in total. The number of nitriles is 1. The Labute approximate surface area is 108 Å². The molecule has 1 aromatic carbocycles. The van der Waals surface area contributed by atoms with Crippen LogP contribution in [0.1, 0.15) is 5.56 Å². The van der Waals surface area contributed by atoms with Gasteiger partial charge in [-0.15, -0.1) is 11.3 Å². The fraction of sp³-hybridized carbons (Fsp3) is 0. The number of aromatic nitrogens is 1. The van der Waals surface area contributed by atoms with Gasteiger partial charge in [0.15, 0.2) is 0 Å². The van der Waals surface area contributed by atoms with Gasteiger partial charge in [-0.05, 0) is 24.3 Å². The number of hydrogen-bond donors (Lipinski definition) is 1. The van der Waals surface area contributed by atoms with Gasteiger partial charge in [-0.25, -0.2) is 0 Å². The second-order valence-corrected chi connectivity index (χ2v) is 4.81. The summed E-state index contributed by atoms with van der Waals surface area (Å²) < 4.78 is 1.02. The van der Waals surface area contributed by atoms with Crippen molar-refractivity contribution in [2.45, 2.75) is 0 Å². The second kappa shape index (κ2) is 4.47. The Kier molecular flexibility index (Phi) is 2.67. The highest BCUT2D eigenvalue weighted by molar-refractivity contribution is 7.23. The maximum Gasteiger partial charge on any atom is 0.114 e. The van der Waals surface area contributed by atoms with Crippen LogP contribution in [0.2, 0.25) is 0 Å².